The molecular weight excluding hydrogens is 252 g/mol. The minimum absolute atomic E-state index is 0.0220. The van der Waals surface area contributed by atoms with Crippen LogP contribution >= 0.6 is 11.3 Å². The van der Waals surface area contributed by atoms with Crippen molar-refractivity contribution in [2.75, 3.05) is 13.1 Å². The summed E-state index contributed by atoms with van der Waals surface area (Å²) in [5, 5.41) is 11.8. The number of carboxylic acid groups (broad SMARTS) is 1. The summed E-state index contributed by atoms with van der Waals surface area (Å²) in [6, 6.07) is 0. The normalized spacial score (nSPS) is 19.8. The first-order valence-corrected chi connectivity index (χ1v) is 6.86. The lowest BCUT2D eigenvalue weighted by Crippen LogP contribution is -2.43. The SMILES string of the molecule is Cc1nc(CC(=O)N2CCC[C@H](C(=O)O)C2)cs1. The zero-order chi connectivity index (χ0) is 13.1. The van der Waals surface area contributed by atoms with Crippen molar-refractivity contribution in [1.29, 1.82) is 0 Å². The highest BCUT2D eigenvalue weighted by atomic mass is 32.1. The summed E-state index contributed by atoms with van der Waals surface area (Å²) >= 11 is 1.52. The number of aryl methyl sites for hydroxylation is 1. The van der Waals surface area contributed by atoms with Crippen LogP contribution in [-0.4, -0.2) is 40.0 Å². The van der Waals surface area contributed by atoms with Crippen LogP contribution in [0.2, 0.25) is 0 Å². The van der Waals surface area contributed by atoms with Crippen molar-refractivity contribution in [1.82, 2.24) is 9.88 Å². The average Bonchev–Trinajstić information content (AvgIpc) is 2.75. The summed E-state index contributed by atoms with van der Waals surface area (Å²) < 4.78 is 0. The monoisotopic (exact) mass is 268 g/mol. The molecule has 1 saturated heterocycles. The Kier molecular flexibility index (Phi) is 3.96. The van der Waals surface area contributed by atoms with Gasteiger partial charge in [-0.25, -0.2) is 4.98 Å². The van der Waals surface area contributed by atoms with E-state index in [1.165, 1.54) is 11.3 Å². The molecule has 18 heavy (non-hydrogen) atoms. The molecule has 0 spiro atoms. The van der Waals surface area contributed by atoms with Gasteiger partial charge < -0.3 is 10.0 Å². The first kappa shape index (κ1) is 13.0. The van der Waals surface area contributed by atoms with Crippen LogP contribution in [0.15, 0.2) is 5.38 Å². The lowest BCUT2D eigenvalue weighted by molar-refractivity contribution is -0.145. The molecule has 1 fully saturated rings. The van der Waals surface area contributed by atoms with Crippen LogP contribution in [0.5, 0.6) is 0 Å². The molecule has 0 radical (unpaired) electrons. The highest BCUT2D eigenvalue weighted by Gasteiger charge is 2.28. The lowest BCUT2D eigenvalue weighted by Gasteiger charge is -2.30. The number of aromatic nitrogens is 1. The molecule has 1 aromatic rings. The predicted molar refractivity (Wildman–Crippen MR) is 67.5 cm³/mol. The first-order chi connectivity index (χ1) is 8.56. The molecule has 1 atom stereocenters. The van der Waals surface area contributed by atoms with Gasteiger partial charge in [0.15, 0.2) is 0 Å². The van der Waals surface area contributed by atoms with Gasteiger partial charge in [0.2, 0.25) is 5.91 Å². The van der Waals surface area contributed by atoms with E-state index in [1.54, 1.807) is 4.90 Å². The minimum Gasteiger partial charge on any atom is -0.481 e. The van der Waals surface area contributed by atoms with E-state index in [2.05, 4.69) is 4.98 Å². The van der Waals surface area contributed by atoms with Gasteiger partial charge in [0.1, 0.15) is 0 Å². The van der Waals surface area contributed by atoms with E-state index in [0.29, 0.717) is 19.5 Å². The molecule has 6 heteroatoms. The number of carbonyl (C=O) groups excluding carboxylic acids is 1. The third kappa shape index (κ3) is 3.07. The molecule has 98 valence electrons. The maximum atomic E-state index is 12.0. The second-order valence-electron chi connectivity index (χ2n) is 4.55. The summed E-state index contributed by atoms with van der Waals surface area (Å²) in [7, 11) is 0. The third-order valence-electron chi connectivity index (χ3n) is 3.12. The van der Waals surface area contributed by atoms with E-state index in [-0.39, 0.29) is 12.3 Å². The maximum Gasteiger partial charge on any atom is 0.308 e. The molecular formula is C12H16N2O3S. The molecule has 1 N–H and O–H groups in total. The highest BCUT2D eigenvalue weighted by Crippen LogP contribution is 2.18. The van der Waals surface area contributed by atoms with Crippen molar-refractivity contribution in [2.45, 2.75) is 26.2 Å². The van der Waals surface area contributed by atoms with Crippen LogP contribution in [0.25, 0.3) is 0 Å². The molecule has 0 aromatic carbocycles. The molecule has 1 aliphatic rings. The van der Waals surface area contributed by atoms with Crippen molar-refractivity contribution in [3.8, 4) is 0 Å². The predicted octanol–water partition coefficient (Wildman–Crippen LogP) is 1.32. The summed E-state index contributed by atoms with van der Waals surface area (Å²) in [5.74, 6) is -1.25. The summed E-state index contributed by atoms with van der Waals surface area (Å²) in [5.41, 5.74) is 0.778. The number of hydrogen-bond donors (Lipinski definition) is 1. The van der Waals surface area contributed by atoms with E-state index in [9.17, 15) is 9.59 Å². The van der Waals surface area contributed by atoms with Crippen LogP contribution < -0.4 is 0 Å². The summed E-state index contributed by atoms with van der Waals surface area (Å²) in [4.78, 5) is 28.9. The van der Waals surface area contributed by atoms with E-state index in [4.69, 9.17) is 5.11 Å². The number of likely N-dealkylation sites (tertiary alicyclic amines) is 1. The highest BCUT2D eigenvalue weighted by molar-refractivity contribution is 7.09. The third-order valence-corrected chi connectivity index (χ3v) is 3.94. The average molecular weight is 268 g/mol. The van der Waals surface area contributed by atoms with Gasteiger partial charge in [-0.2, -0.15) is 0 Å². The van der Waals surface area contributed by atoms with Crippen molar-refractivity contribution < 1.29 is 14.7 Å². The van der Waals surface area contributed by atoms with E-state index in [0.717, 1.165) is 17.1 Å². The van der Waals surface area contributed by atoms with Crippen molar-refractivity contribution in [2.24, 2.45) is 5.92 Å². The molecule has 1 aliphatic heterocycles. The van der Waals surface area contributed by atoms with Crippen LogP contribution in [0, 0.1) is 12.8 Å². The molecule has 5 nitrogen and oxygen atoms in total. The van der Waals surface area contributed by atoms with Gasteiger partial charge in [-0.15, -0.1) is 11.3 Å². The standard InChI is InChI=1S/C12H16N2O3S/c1-8-13-10(7-18-8)5-11(15)14-4-2-3-9(6-14)12(16)17/h7,9H,2-6H2,1H3,(H,16,17)/t9-/m0/s1. The topological polar surface area (TPSA) is 70.5 Å². The molecule has 0 unspecified atom stereocenters. The molecule has 0 bridgehead atoms. The van der Waals surface area contributed by atoms with Crippen LogP contribution in [0.3, 0.4) is 0 Å². The molecule has 2 heterocycles. The number of thiazole rings is 1. The van der Waals surface area contributed by atoms with Gasteiger partial charge in [-0.1, -0.05) is 0 Å². The number of amides is 1. The van der Waals surface area contributed by atoms with Gasteiger partial charge >= 0.3 is 5.97 Å². The minimum atomic E-state index is -0.808. The largest absolute Gasteiger partial charge is 0.481 e. The summed E-state index contributed by atoms with van der Waals surface area (Å²) in [6.45, 7) is 2.89. The van der Waals surface area contributed by atoms with Crippen LogP contribution in [-0.2, 0) is 16.0 Å². The van der Waals surface area contributed by atoms with Gasteiger partial charge in [-0.3, -0.25) is 9.59 Å². The molecule has 1 amide bonds. The Bertz CT molecular complexity index is 458. The molecule has 1 aromatic heterocycles. The van der Waals surface area contributed by atoms with Crippen molar-refractivity contribution in [3.05, 3.63) is 16.1 Å². The van der Waals surface area contributed by atoms with Crippen LogP contribution in [0.1, 0.15) is 23.5 Å². The zero-order valence-corrected chi connectivity index (χ0v) is 11.1. The van der Waals surface area contributed by atoms with Crippen LogP contribution in [0.4, 0.5) is 0 Å². The molecule has 0 saturated carbocycles. The second-order valence-corrected chi connectivity index (χ2v) is 5.61. The van der Waals surface area contributed by atoms with Gasteiger partial charge in [-0.05, 0) is 19.8 Å². The number of aliphatic carboxylic acids is 1. The number of nitrogens with zero attached hydrogens (tertiary/aromatic N) is 2. The quantitative estimate of drug-likeness (QED) is 0.897. The van der Waals surface area contributed by atoms with E-state index in [1.807, 2.05) is 12.3 Å². The number of piperidine rings is 1. The number of hydrogen-bond acceptors (Lipinski definition) is 4. The summed E-state index contributed by atoms with van der Waals surface area (Å²) in [6.07, 6.45) is 1.70. The Hall–Kier alpha value is -1.43. The fraction of sp³-hybridized carbons (Fsp3) is 0.583. The fourth-order valence-electron chi connectivity index (χ4n) is 2.16. The Morgan fingerprint density at radius 3 is 3.00 bits per heavy atom. The van der Waals surface area contributed by atoms with E-state index < -0.39 is 11.9 Å². The number of carboxylic acids is 1. The smallest absolute Gasteiger partial charge is 0.308 e. The Morgan fingerprint density at radius 2 is 2.39 bits per heavy atom. The van der Waals surface area contributed by atoms with Crippen molar-refractivity contribution >= 4 is 23.2 Å². The maximum absolute atomic E-state index is 12.0. The second kappa shape index (κ2) is 5.48. The first-order valence-electron chi connectivity index (χ1n) is 5.98. The number of carbonyl (C=O) groups is 2. The van der Waals surface area contributed by atoms with Gasteiger partial charge in [0, 0.05) is 18.5 Å². The van der Waals surface area contributed by atoms with Crippen molar-refractivity contribution in [3.63, 3.8) is 0 Å². The Balaban J connectivity index is 1.94. The van der Waals surface area contributed by atoms with Gasteiger partial charge in [0.25, 0.3) is 0 Å². The molecule has 2 rings (SSSR count). The lowest BCUT2D eigenvalue weighted by atomic mass is 9.98. The Labute approximate surface area is 109 Å². The molecule has 0 aliphatic carbocycles. The zero-order valence-electron chi connectivity index (χ0n) is 10.3. The van der Waals surface area contributed by atoms with Gasteiger partial charge in [0.05, 0.1) is 23.0 Å². The fourth-order valence-corrected chi connectivity index (χ4v) is 2.77. The number of rotatable bonds is 3. The Morgan fingerprint density at radius 1 is 1.61 bits per heavy atom. The van der Waals surface area contributed by atoms with E-state index >= 15 is 0 Å².